The second kappa shape index (κ2) is 17.8. The van der Waals surface area contributed by atoms with Crippen LogP contribution in [0.2, 0.25) is 0 Å². The molecule has 0 amide bonds. The van der Waals surface area contributed by atoms with Gasteiger partial charge < -0.3 is 5.11 Å². The van der Waals surface area contributed by atoms with E-state index >= 15 is 0 Å². The Morgan fingerprint density at radius 3 is 1.72 bits per heavy atom. The number of nitrogens with zero attached hydrogens (tertiary/aromatic N) is 2. The van der Waals surface area contributed by atoms with Crippen LogP contribution in [0.25, 0.3) is 6.08 Å². The second-order valence-corrected chi connectivity index (χ2v) is 10.9. The van der Waals surface area contributed by atoms with Crippen LogP contribution >= 0.6 is 24.8 Å². The summed E-state index contributed by atoms with van der Waals surface area (Å²) in [6.45, 7) is 10.8. The van der Waals surface area contributed by atoms with Crippen molar-refractivity contribution in [1.29, 1.82) is 0 Å². The monoisotopic (exact) mass is 626 g/mol. The summed E-state index contributed by atoms with van der Waals surface area (Å²) >= 11 is 0. The summed E-state index contributed by atoms with van der Waals surface area (Å²) in [5, 5.41) is 9.35. The first kappa shape index (κ1) is 36.0. The Balaban J connectivity index is 0.000000423. The molecule has 0 atom stereocenters. The highest BCUT2D eigenvalue weighted by atomic mass is 35.5. The summed E-state index contributed by atoms with van der Waals surface area (Å²) in [6, 6.07) is 29.5. The molecule has 1 aliphatic heterocycles. The quantitative estimate of drug-likeness (QED) is 0.222. The highest BCUT2D eigenvalue weighted by Crippen LogP contribution is 2.30. The Morgan fingerprint density at radius 1 is 0.721 bits per heavy atom. The first-order valence-corrected chi connectivity index (χ1v) is 14.3. The minimum Gasteiger partial charge on any atom is -0.508 e. The van der Waals surface area contributed by atoms with Gasteiger partial charge in [-0.05, 0) is 71.0 Å². The number of phenols is 1. The molecule has 0 unspecified atom stereocenters. The van der Waals surface area contributed by atoms with Crippen LogP contribution in [0.3, 0.4) is 0 Å². The summed E-state index contributed by atoms with van der Waals surface area (Å²) in [4.78, 5) is 4.83. The molecule has 4 aromatic rings. The van der Waals surface area contributed by atoms with Crippen molar-refractivity contribution >= 4 is 30.9 Å². The molecule has 7 heteroatoms. The van der Waals surface area contributed by atoms with Crippen molar-refractivity contribution in [2.75, 3.05) is 32.7 Å². The molecule has 0 bridgehead atoms. The Kier molecular flexibility index (Phi) is 14.9. The molecule has 1 aliphatic rings. The van der Waals surface area contributed by atoms with Gasteiger partial charge >= 0.3 is 0 Å². The number of phenolic OH excluding ortho intramolecular Hbond substituents is 1. The molecule has 0 radical (unpaired) electrons. The number of hydrogen-bond acceptors (Lipinski definition) is 3. The van der Waals surface area contributed by atoms with E-state index in [1.165, 1.54) is 35.4 Å². The van der Waals surface area contributed by atoms with Crippen LogP contribution in [0.5, 0.6) is 5.75 Å². The van der Waals surface area contributed by atoms with Crippen LogP contribution in [0.1, 0.15) is 53.6 Å². The van der Waals surface area contributed by atoms with Crippen LogP contribution in [-0.4, -0.2) is 47.6 Å². The summed E-state index contributed by atoms with van der Waals surface area (Å²) in [5.74, 6) is 0.399. The first-order valence-electron chi connectivity index (χ1n) is 14.3. The fourth-order valence-electron chi connectivity index (χ4n) is 5.00. The number of benzene rings is 4. The first-order chi connectivity index (χ1) is 19.8. The van der Waals surface area contributed by atoms with Gasteiger partial charge in [-0.1, -0.05) is 92.7 Å². The normalized spacial score (nSPS) is 13.7. The highest BCUT2D eigenvalue weighted by Gasteiger charge is 2.26. The van der Waals surface area contributed by atoms with Crippen molar-refractivity contribution < 1.29 is 13.9 Å². The van der Waals surface area contributed by atoms with Crippen LogP contribution in [0, 0.1) is 18.6 Å². The van der Waals surface area contributed by atoms with E-state index in [1.54, 1.807) is 0 Å². The van der Waals surface area contributed by atoms with Gasteiger partial charge in [-0.3, -0.25) is 9.80 Å². The fraction of sp³-hybridized carbons (Fsp3) is 0.278. The van der Waals surface area contributed by atoms with E-state index in [9.17, 15) is 13.9 Å². The van der Waals surface area contributed by atoms with E-state index in [0.29, 0.717) is 11.7 Å². The number of piperazine rings is 1. The van der Waals surface area contributed by atoms with Gasteiger partial charge in [0.05, 0.1) is 6.04 Å². The summed E-state index contributed by atoms with van der Waals surface area (Å²) in [7, 11) is 0. The molecule has 0 aliphatic carbocycles. The SMILES string of the molecule is Cc1ccc(C(C)C)cc1O.Cl.Cl.Fc1ccc(C(c2ccc(F)cc2)N2CCN(C/C=C/c3ccccc3)CC2)cc1. The van der Waals surface area contributed by atoms with Gasteiger partial charge in [0.1, 0.15) is 17.4 Å². The Hall–Kier alpha value is -3.22. The lowest BCUT2D eigenvalue weighted by Gasteiger charge is -2.39. The minimum atomic E-state index is -0.244. The van der Waals surface area contributed by atoms with Crippen LogP contribution in [0.4, 0.5) is 8.78 Å². The van der Waals surface area contributed by atoms with Crippen LogP contribution < -0.4 is 0 Å². The topological polar surface area (TPSA) is 26.7 Å². The minimum absolute atomic E-state index is 0. The highest BCUT2D eigenvalue weighted by molar-refractivity contribution is 5.85. The lowest BCUT2D eigenvalue weighted by atomic mass is 9.96. The molecule has 1 fully saturated rings. The zero-order chi connectivity index (χ0) is 29.2. The van der Waals surface area contributed by atoms with Gasteiger partial charge in [-0.15, -0.1) is 24.8 Å². The lowest BCUT2D eigenvalue weighted by Crippen LogP contribution is -2.47. The van der Waals surface area contributed by atoms with E-state index in [4.69, 9.17) is 0 Å². The molecular weight excluding hydrogens is 585 g/mol. The predicted octanol–water partition coefficient (Wildman–Crippen LogP) is 9.05. The Labute approximate surface area is 267 Å². The van der Waals surface area contributed by atoms with Crippen molar-refractivity contribution in [3.63, 3.8) is 0 Å². The molecule has 4 aromatic carbocycles. The third-order valence-corrected chi connectivity index (χ3v) is 7.52. The molecule has 3 nitrogen and oxygen atoms in total. The number of rotatable bonds is 7. The van der Waals surface area contributed by atoms with Gasteiger partial charge in [0.2, 0.25) is 0 Å². The summed E-state index contributed by atoms with van der Waals surface area (Å²) < 4.78 is 26.9. The molecule has 0 spiro atoms. The van der Waals surface area contributed by atoms with Gasteiger partial charge in [0.15, 0.2) is 0 Å². The molecule has 0 aromatic heterocycles. The molecule has 43 heavy (non-hydrogen) atoms. The van der Waals surface area contributed by atoms with E-state index < -0.39 is 0 Å². The number of hydrogen-bond donors (Lipinski definition) is 1. The number of aromatic hydroxyl groups is 1. The van der Waals surface area contributed by atoms with Gasteiger partial charge in [-0.2, -0.15) is 0 Å². The van der Waals surface area contributed by atoms with Crippen LogP contribution in [-0.2, 0) is 0 Å². The molecule has 1 saturated heterocycles. The molecule has 1 N–H and O–H groups in total. The summed E-state index contributed by atoms with van der Waals surface area (Å²) in [5.41, 5.74) is 5.40. The van der Waals surface area contributed by atoms with Crippen LogP contribution in [0.15, 0.2) is 103 Å². The molecule has 5 rings (SSSR count). The Bertz CT molecular complexity index is 1340. The number of aryl methyl sites for hydroxylation is 1. The smallest absolute Gasteiger partial charge is 0.123 e. The van der Waals surface area contributed by atoms with Gasteiger partial charge in [0.25, 0.3) is 0 Å². The predicted molar refractivity (Wildman–Crippen MR) is 180 cm³/mol. The van der Waals surface area contributed by atoms with Crippen molar-refractivity contribution in [2.24, 2.45) is 0 Å². The zero-order valence-corrected chi connectivity index (χ0v) is 26.6. The molecule has 1 heterocycles. The Morgan fingerprint density at radius 2 is 1.23 bits per heavy atom. The third kappa shape index (κ3) is 10.8. The lowest BCUT2D eigenvalue weighted by molar-refractivity contribution is 0.118. The van der Waals surface area contributed by atoms with Gasteiger partial charge in [0, 0.05) is 32.7 Å². The van der Waals surface area contributed by atoms with E-state index in [0.717, 1.165) is 49.4 Å². The maximum absolute atomic E-state index is 13.5. The second-order valence-electron chi connectivity index (χ2n) is 10.9. The van der Waals surface area contributed by atoms with Crippen molar-refractivity contribution in [3.05, 3.63) is 143 Å². The maximum atomic E-state index is 13.5. The van der Waals surface area contributed by atoms with Gasteiger partial charge in [-0.25, -0.2) is 8.78 Å². The third-order valence-electron chi connectivity index (χ3n) is 7.52. The molecule has 0 saturated carbocycles. The standard InChI is InChI=1S/C26H26F2N2.C10H14O.2ClH/c27-24-12-8-22(9-13-24)26(23-10-14-25(28)15-11-23)30-19-17-29(18-20-30)16-4-7-21-5-2-1-3-6-21;1-7(2)9-5-4-8(3)10(11)6-9;;/h1-15,26H,16-20H2;4-7,11H,1-3H3;2*1H/b7-4+;;;. The van der Waals surface area contributed by atoms with Crippen molar-refractivity contribution in [1.82, 2.24) is 9.80 Å². The van der Waals surface area contributed by atoms with Crippen molar-refractivity contribution in [2.45, 2.75) is 32.7 Å². The fourth-order valence-corrected chi connectivity index (χ4v) is 5.00. The van der Waals surface area contributed by atoms with E-state index in [2.05, 4.69) is 54.0 Å². The number of halogens is 4. The zero-order valence-electron chi connectivity index (χ0n) is 25.0. The molecular formula is C36H42Cl2F2N2O. The largest absolute Gasteiger partial charge is 0.508 e. The van der Waals surface area contributed by atoms with Crippen molar-refractivity contribution in [3.8, 4) is 5.75 Å². The maximum Gasteiger partial charge on any atom is 0.123 e. The average Bonchev–Trinajstić information content (AvgIpc) is 2.98. The van der Waals surface area contributed by atoms with E-state index in [1.807, 2.05) is 61.5 Å². The molecule has 230 valence electrons. The van der Waals surface area contributed by atoms with E-state index in [-0.39, 0.29) is 42.5 Å². The average molecular weight is 628 g/mol. The summed E-state index contributed by atoms with van der Waals surface area (Å²) in [6.07, 6.45) is 4.37.